The van der Waals surface area contributed by atoms with Gasteiger partial charge in [0, 0.05) is 46.3 Å². The number of carbonyl (C=O) groups excluding carboxylic acids is 1. The van der Waals surface area contributed by atoms with E-state index in [2.05, 4.69) is 36.3 Å². The Hall–Kier alpha value is -3.74. The minimum Gasteiger partial charge on any atom is -0.387 e. The Labute approximate surface area is 256 Å². The monoisotopic (exact) mass is 621 g/mol. The smallest absolute Gasteiger partial charge is 0.252 e. The molecule has 1 saturated carbocycles. The van der Waals surface area contributed by atoms with Gasteiger partial charge in [-0.1, -0.05) is 35.3 Å². The highest BCUT2D eigenvalue weighted by atomic mass is 35.5. The van der Waals surface area contributed by atoms with Crippen LogP contribution in [0.25, 0.3) is 22.1 Å². The van der Waals surface area contributed by atoms with E-state index in [1.165, 1.54) is 17.2 Å². The lowest BCUT2D eigenvalue weighted by Gasteiger charge is -2.16. The Balaban J connectivity index is 1.08. The van der Waals surface area contributed by atoms with E-state index in [4.69, 9.17) is 27.9 Å². The summed E-state index contributed by atoms with van der Waals surface area (Å²) in [4.78, 5) is 25.7. The molecule has 5 aromatic rings. The highest BCUT2D eigenvalue weighted by Gasteiger charge is 2.48. The molecule has 0 spiro atoms. The van der Waals surface area contributed by atoms with Crippen molar-refractivity contribution in [2.45, 2.75) is 56.4 Å². The summed E-state index contributed by atoms with van der Waals surface area (Å²) >= 11 is 12.4. The van der Waals surface area contributed by atoms with Gasteiger partial charge in [-0.25, -0.2) is 15.0 Å². The van der Waals surface area contributed by atoms with Crippen molar-refractivity contribution in [3.8, 4) is 0 Å². The van der Waals surface area contributed by atoms with E-state index < -0.39 is 30.4 Å². The maximum absolute atomic E-state index is 12.5. The number of anilines is 1. The molecule has 4 atom stereocenters. The van der Waals surface area contributed by atoms with Crippen LogP contribution in [-0.2, 0) is 22.5 Å². The van der Waals surface area contributed by atoms with Gasteiger partial charge in [-0.2, -0.15) is 0 Å². The van der Waals surface area contributed by atoms with Gasteiger partial charge < -0.3 is 30.2 Å². The normalized spacial score (nSPS) is 22.0. The van der Waals surface area contributed by atoms with Gasteiger partial charge in [0.25, 0.3) is 5.91 Å². The number of aliphatic hydroxyl groups is 2. The summed E-state index contributed by atoms with van der Waals surface area (Å²) in [6.07, 6.45) is 2.56. The highest BCUT2D eigenvalue weighted by molar-refractivity contribution is 6.31. The molecule has 13 heteroatoms. The highest BCUT2D eigenvalue weighted by Crippen LogP contribution is 2.33. The first-order valence-electron chi connectivity index (χ1n) is 14.1. The number of hydrogen-bond acceptors (Lipinski definition) is 8. The van der Waals surface area contributed by atoms with Crippen LogP contribution < -0.4 is 10.6 Å². The van der Waals surface area contributed by atoms with Crippen LogP contribution >= 0.6 is 23.2 Å². The number of nitrogens with one attached hydrogen (secondary N) is 2. The maximum atomic E-state index is 12.5. The van der Waals surface area contributed by atoms with Crippen molar-refractivity contribution < 1.29 is 19.7 Å². The minimum absolute atomic E-state index is 0.104. The van der Waals surface area contributed by atoms with Crippen molar-refractivity contribution in [3.05, 3.63) is 82.5 Å². The molecule has 2 fully saturated rings. The second-order valence-electron chi connectivity index (χ2n) is 11.0. The maximum Gasteiger partial charge on any atom is 0.252 e. The summed E-state index contributed by atoms with van der Waals surface area (Å²) in [6, 6.07) is 13.8. The van der Waals surface area contributed by atoms with E-state index in [1.807, 2.05) is 42.5 Å². The number of fused-ring (bicyclic) bond motifs is 2. The lowest BCUT2D eigenvalue weighted by Crippen LogP contribution is -2.43. The van der Waals surface area contributed by atoms with Crippen molar-refractivity contribution in [2.75, 3.05) is 11.9 Å². The van der Waals surface area contributed by atoms with E-state index in [-0.39, 0.29) is 6.04 Å². The van der Waals surface area contributed by atoms with Gasteiger partial charge in [0.15, 0.2) is 29.3 Å². The van der Waals surface area contributed by atoms with E-state index in [1.54, 1.807) is 0 Å². The summed E-state index contributed by atoms with van der Waals surface area (Å²) < 4.78 is 9.54. The zero-order valence-electron chi connectivity index (χ0n) is 22.9. The Morgan fingerprint density at radius 2 is 1.81 bits per heavy atom. The molecule has 11 nitrogen and oxygen atoms in total. The second kappa shape index (κ2) is 11.4. The van der Waals surface area contributed by atoms with Gasteiger partial charge >= 0.3 is 0 Å². The summed E-state index contributed by atoms with van der Waals surface area (Å²) in [5.74, 6) is 0.0801. The van der Waals surface area contributed by atoms with Crippen LogP contribution in [0, 0.1) is 0 Å². The minimum atomic E-state index is -1.38. The predicted molar refractivity (Wildman–Crippen MR) is 162 cm³/mol. The fourth-order valence-electron chi connectivity index (χ4n) is 5.56. The molecule has 43 heavy (non-hydrogen) atoms. The number of amides is 1. The van der Waals surface area contributed by atoms with Crippen LogP contribution in [0.3, 0.4) is 0 Å². The summed E-state index contributed by atoms with van der Waals surface area (Å²) in [6.45, 7) is 1.25. The molecule has 4 N–H and O–H groups in total. The van der Waals surface area contributed by atoms with Crippen LogP contribution in [0.5, 0.6) is 0 Å². The standard InChI is InChI=1S/C30H29Cl2N7O4/c31-18-3-1-16(2-4-18)12-38-13-17(21-11-19(32)5-8-22(21)38)9-10-33-27-23-28(35-14-34-27)39(15-36-23)30-25(41)24(40)26(43-30)29(42)37-20-6-7-20/h1-5,8,11,13-15,20,24-26,30,40-41H,6-7,9-10,12H2,(H,37,42)(H,33,34,35). The molecule has 4 heterocycles. The van der Waals surface area contributed by atoms with Crippen molar-refractivity contribution in [3.63, 3.8) is 0 Å². The number of aliphatic hydroxyl groups excluding tert-OH is 2. The van der Waals surface area contributed by atoms with Gasteiger partial charge in [0.1, 0.15) is 18.5 Å². The number of benzene rings is 2. The largest absolute Gasteiger partial charge is 0.387 e. The third-order valence-corrected chi connectivity index (χ3v) is 8.42. The molecule has 222 valence electrons. The lowest BCUT2D eigenvalue weighted by molar-refractivity contribution is -0.137. The zero-order chi connectivity index (χ0) is 29.7. The summed E-state index contributed by atoms with van der Waals surface area (Å²) in [5, 5.41) is 29.9. The number of carbonyl (C=O) groups is 1. The Morgan fingerprint density at radius 3 is 2.60 bits per heavy atom. The third-order valence-electron chi connectivity index (χ3n) is 7.93. The number of ether oxygens (including phenoxy) is 1. The molecule has 2 aromatic carbocycles. The molecular weight excluding hydrogens is 593 g/mol. The van der Waals surface area contributed by atoms with Crippen LogP contribution in [-0.4, -0.2) is 71.1 Å². The second-order valence-corrected chi connectivity index (χ2v) is 11.9. The van der Waals surface area contributed by atoms with Gasteiger partial charge in [-0.3, -0.25) is 9.36 Å². The fourth-order valence-corrected chi connectivity index (χ4v) is 5.86. The summed E-state index contributed by atoms with van der Waals surface area (Å²) in [5.41, 5.74) is 4.23. The van der Waals surface area contributed by atoms with Crippen LogP contribution in [0.15, 0.2) is 61.3 Å². The van der Waals surface area contributed by atoms with Crippen LogP contribution in [0.2, 0.25) is 10.0 Å². The predicted octanol–water partition coefficient (Wildman–Crippen LogP) is 3.69. The van der Waals surface area contributed by atoms with Gasteiger partial charge in [0.2, 0.25) is 0 Å². The van der Waals surface area contributed by atoms with Crippen molar-refractivity contribution in [1.29, 1.82) is 0 Å². The van der Waals surface area contributed by atoms with Gasteiger partial charge in [-0.15, -0.1) is 0 Å². The van der Waals surface area contributed by atoms with Crippen molar-refractivity contribution in [2.24, 2.45) is 0 Å². The first-order valence-corrected chi connectivity index (χ1v) is 14.9. The van der Waals surface area contributed by atoms with Gasteiger partial charge in [0.05, 0.1) is 6.33 Å². The number of rotatable bonds is 9. The number of imidazole rings is 1. The first kappa shape index (κ1) is 28.1. The fraction of sp³-hybridized carbons (Fsp3) is 0.333. The van der Waals surface area contributed by atoms with E-state index >= 15 is 0 Å². The molecule has 1 aliphatic carbocycles. The van der Waals surface area contributed by atoms with E-state index in [9.17, 15) is 15.0 Å². The van der Waals surface area contributed by atoms with Gasteiger partial charge in [-0.05, 0) is 60.7 Å². The number of nitrogens with zero attached hydrogens (tertiary/aromatic N) is 5. The average Bonchev–Trinajstić information content (AvgIpc) is 3.49. The molecule has 1 aliphatic heterocycles. The molecule has 1 amide bonds. The SMILES string of the molecule is O=C(NC1CC1)C1OC(n2cnc3c(NCCc4cn(Cc5ccc(Cl)cc5)c5ccc(Cl)cc45)ncnc32)C(O)C1O. The Morgan fingerprint density at radius 1 is 1.02 bits per heavy atom. The molecule has 0 bridgehead atoms. The quantitative estimate of drug-likeness (QED) is 0.195. The Kier molecular flexibility index (Phi) is 7.44. The van der Waals surface area contributed by atoms with Crippen molar-refractivity contribution >= 4 is 57.0 Å². The molecule has 1 saturated heterocycles. The first-order chi connectivity index (χ1) is 20.9. The number of hydrogen-bond donors (Lipinski definition) is 4. The topological polar surface area (TPSA) is 139 Å². The van der Waals surface area contributed by atoms with Crippen molar-refractivity contribution in [1.82, 2.24) is 29.4 Å². The molecule has 7 rings (SSSR count). The number of aromatic nitrogens is 5. The lowest BCUT2D eigenvalue weighted by atomic mass is 10.1. The number of halogens is 2. The third kappa shape index (κ3) is 5.54. The van der Waals surface area contributed by atoms with Crippen LogP contribution in [0.1, 0.15) is 30.2 Å². The molecule has 3 aromatic heterocycles. The van der Waals surface area contributed by atoms with E-state index in [0.717, 1.165) is 34.9 Å². The van der Waals surface area contributed by atoms with Crippen LogP contribution in [0.4, 0.5) is 5.82 Å². The Bertz CT molecular complexity index is 1800. The van der Waals surface area contributed by atoms with E-state index in [0.29, 0.717) is 46.5 Å². The molecule has 4 unspecified atom stereocenters. The molecule has 2 aliphatic rings. The zero-order valence-corrected chi connectivity index (χ0v) is 24.4. The molecular formula is C30H29Cl2N7O4. The molecule has 0 radical (unpaired) electrons. The average molecular weight is 623 g/mol. The summed E-state index contributed by atoms with van der Waals surface area (Å²) in [7, 11) is 0.